The van der Waals surface area contributed by atoms with Crippen molar-refractivity contribution in [2.45, 2.75) is 38.6 Å². The number of nitrogens with one attached hydrogen (secondary N) is 1. The molecule has 0 radical (unpaired) electrons. The van der Waals surface area contributed by atoms with Crippen molar-refractivity contribution in [1.82, 2.24) is 15.1 Å². The van der Waals surface area contributed by atoms with Crippen LogP contribution in [0.15, 0.2) is 0 Å². The Hall–Kier alpha value is -1.43. The molecule has 0 spiro atoms. The molecule has 0 bridgehead atoms. The molecule has 1 N–H and O–H groups in total. The average Bonchev–Trinajstić information content (AvgIpc) is 3.29. The van der Waals surface area contributed by atoms with Gasteiger partial charge in [0, 0.05) is 38.6 Å². The Kier molecular flexibility index (Phi) is 5.11. The van der Waals surface area contributed by atoms with Gasteiger partial charge in [-0.2, -0.15) is 0 Å². The predicted octanol–water partition coefficient (Wildman–Crippen LogP) is -0.222. The first-order chi connectivity index (χ1) is 9.61. The molecular weight excluding hydrogens is 258 g/mol. The summed E-state index contributed by atoms with van der Waals surface area (Å²) in [5.41, 5.74) is 0. The summed E-state index contributed by atoms with van der Waals surface area (Å²) in [7, 11) is 0. The monoisotopic (exact) mass is 281 g/mol. The maximum Gasteiger partial charge on any atom is 0.287 e. The molecule has 1 saturated heterocycles. The highest BCUT2D eigenvalue weighted by atomic mass is 16.2. The van der Waals surface area contributed by atoms with Gasteiger partial charge in [0.05, 0.1) is 6.54 Å². The lowest BCUT2D eigenvalue weighted by Crippen LogP contribution is -2.52. The van der Waals surface area contributed by atoms with E-state index in [-0.39, 0.29) is 18.9 Å². The first kappa shape index (κ1) is 15.0. The van der Waals surface area contributed by atoms with E-state index in [2.05, 4.69) is 10.2 Å². The molecule has 1 aliphatic heterocycles. The van der Waals surface area contributed by atoms with Gasteiger partial charge in [0.2, 0.25) is 11.7 Å². The molecule has 6 nitrogen and oxygen atoms in total. The highest BCUT2D eigenvalue weighted by Gasteiger charge is 2.32. The number of ketones is 1. The molecule has 1 aliphatic carbocycles. The van der Waals surface area contributed by atoms with Crippen molar-refractivity contribution >= 4 is 17.6 Å². The van der Waals surface area contributed by atoms with Gasteiger partial charge < -0.3 is 10.2 Å². The summed E-state index contributed by atoms with van der Waals surface area (Å²) in [6.07, 6.45) is 3.44. The van der Waals surface area contributed by atoms with Gasteiger partial charge in [0.15, 0.2) is 0 Å². The topological polar surface area (TPSA) is 69.7 Å². The molecule has 6 heteroatoms. The summed E-state index contributed by atoms with van der Waals surface area (Å²) < 4.78 is 0. The van der Waals surface area contributed by atoms with Crippen molar-refractivity contribution in [3.63, 3.8) is 0 Å². The summed E-state index contributed by atoms with van der Waals surface area (Å²) >= 11 is 0. The molecule has 2 fully saturated rings. The lowest BCUT2D eigenvalue weighted by molar-refractivity contribution is -0.140. The molecule has 0 aromatic carbocycles. The van der Waals surface area contributed by atoms with E-state index in [1.54, 1.807) is 4.90 Å². The molecule has 2 aliphatic rings. The van der Waals surface area contributed by atoms with Crippen molar-refractivity contribution in [2.24, 2.45) is 0 Å². The van der Waals surface area contributed by atoms with E-state index in [1.807, 2.05) is 6.92 Å². The summed E-state index contributed by atoms with van der Waals surface area (Å²) in [6, 6.07) is 0.735. The Morgan fingerprint density at radius 3 is 2.30 bits per heavy atom. The van der Waals surface area contributed by atoms with Crippen molar-refractivity contribution < 1.29 is 14.4 Å². The highest BCUT2D eigenvalue weighted by Crippen LogP contribution is 2.27. The maximum atomic E-state index is 12.0. The molecule has 0 atom stereocenters. The summed E-state index contributed by atoms with van der Waals surface area (Å²) in [5.74, 6) is -1.19. The van der Waals surface area contributed by atoms with Gasteiger partial charge in [-0.3, -0.25) is 19.3 Å². The molecule has 1 saturated carbocycles. The number of piperazine rings is 1. The average molecular weight is 281 g/mol. The summed E-state index contributed by atoms with van der Waals surface area (Å²) in [4.78, 5) is 38.9. The minimum Gasteiger partial charge on any atom is -0.340 e. The Morgan fingerprint density at radius 1 is 1.10 bits per heavy atom. The number of Topliss-reactive ketones (excluding diaryl/α,β-unsaturated/α-hetero) is 1. The van der Waals surface area contributed by atoms with E-state index in [4.69, 9.17) is 0 Å². The van der Waals surface area contributed by atoms with Gasteiger partial charge >= 0.3 is 0 Å². The number of hydrogen-bond donors (Lipinski definition) is 1. The Morgan fingerprint density at radius 2 is 1.75 bits per heavy atom. The van der Waals surface area contributed by atoms with E-state index in [0.29, 0.717) is 19.5 Å². The van der Waals surface area contributed by atoms with Crippen LogP contribution in [0.2, 0.25) is 0 Å². The fourth-order valence-electron chi connectivity index (χ4n) is 2.48. The van der Waals surface area contributed by atoms with Crippen LogP contribution in [-0.4, -0.2) is 66.2 Å². The van der Waals surface area contributed by atoms with E-state index in [9.17, 15) is 14.4 Å². The van der Waals surface area contributed by atoms with Crippen molar-refractivity contribution in [1.29, 1.82) is 0 Å². The molecule has 2 amide bonds. The number of amides is 2. The Bertz CT molecular complexity index is 385. The number of hydrogen-bond acceptors (Lipinski definition) is 4. The van der Waals surface area contributed by atoms with Gasteiger partial charge in [0.25, 0.3) is 5.91 Å². The first-order valence-corrected chi connectivity index (χ1v) is 7.44. The third kappa shape index (κ3) is 4.03. The minimum absolute atomic E-state index is 0.0717. The standard InChI is InChI=1S/C14H23N3O3/c1-2-3-12(18)14(20)15-10-13(19)17-8-6-16(7-9-17)11-4-5-11/h11H,2-10H2,1H3,(H,15,20). The first-order valence-electron chi connectivity index (χ1n) is 7.44. The fourth-order valence-corrected chi connectivity index (χ4v) is 2.48. The summed E-state index contributed by atoms with van der Waals surface area (Å²) in [6.45, 7) is 5.04. The van der Waals surface area contributed by atoms with Gasteiger partial charge in [-0.15, -0.1) is 0 Å². The second-order valence-corrected chi connectivity index (χ2v) is 5.50. The number of rotatable bonds is 6. The van der Waals surface area contributed by atoms with Crippen LogP contribution in [0.1, 0.15) is 32.6 Å². The number of carbonyl (C=O) groups excluding carboxylic acids is 3. The van der Waals surface area contributed by atoms with Crippen LogP contribution in [0.3, 0.4) is 0 Å². The third-order valence-corrected chi connectivity index (χ3v) is 3.86. The molecule has 112 valence electrons. The van der Waals surface area contributed by atoms with Crippen LogP contribution in [0.5, 0.6) is 0 Å². The Balaban J connectivity index is 1.67. The van der Waals surface area contributed by atoms with Crippen molar-refractivity contribution in [2.75, 3.05) is 32.7 Å². The number of carbonyl (C=O) groups is 3. The molecule has 1 heterocycles. The van der Waals surface area contributed by atoms with Crippen LogP contribution >= 0.6 is 0 Å². The van der Waals surface area contributed by atoms with E-state index in [1.165, 1.54) is 12.8 Å². The highest BCUT2D eigenvalue weighted by molar-refractivity contribution is 6.36. The number of nitrogens with zero attached hydrogens (tertiary/aromatic N) is 2. The van der Waals surface area contributed by atoms with Gasteiger partial charge in [0.1, 0.15) is 0 Å². The smallest absolute Gasteiger partial charge is 0.287 e. The van der Waals surface area contributed by atoms with Crippen molar-refractivity contribution in [3.05, 3.63) is 0 Å². The van der Waals surface area contributed by atoms with Gasteiger partial charge in [-0.05, 0) is 19.3 Å². The molecule has 0 aromatic heterocycles. The zero-order valence-corrected chi connectivity index (χ0v) is 12.1. The maximum absolute atomic E-state index is 12.0. The normalized spacial score (nSPS) is 19.8. The molecule has 2 rings (SSSR count). The molecule has 0 unspecified atom stereocenters. The zero-order valence-electron chi connectivity index (χ0n) is 12.1. The van der Waals surface area contributed by atoms with Gasteiger partial charge in [-0.25, -0.2) is 0 Å². The molecule has 0 aromatic rings. The minimum atomic E-state index is -0.642. The van der Waals surface area contributed by atoms with Crippen LogP contribution in [0.4, 0.5) is 0 Å². The molecule has 20 heavy (non-hydrogen) atoms. The fraction of sp³-hybridized carbons (Fsp3) is 0.786. The lowest BCUT2D eigenvalue weighted by atomic mass is 10.2. The van der Waals surface area contributed by atoms with Crippen LogP contribution in [0.25, 0.3) is 0 Å². The predicted molar refractivity (Wildman–Crippen MR) is 74.1 cm³/mol. The second kappa shape index (κ2) is 6.83. The second-order valence-electron chi connectivity index (χ2n) is 5.50. The lowest BCUT2D eigenvalue weighted by Gasteiger charge is -2.34. The van der Waals surface area contributed by atoms with Crippen LogP contribution in [-0.2, 0) is 14.4 Å². The Labute approximate surface area is 119 Å². The van der Waals surface area contributed by atoms with Crippen LogP contribution < -0.4 is 5.32 Å². The third-order valence-electron chi connectivity index (χ3n) is 3.86. The SMILES string of the molecule is CCCC(=O)C(=O)NCC(=O)N1CCN(C2CC2)CC1. The van der Waals surface area contributed by atoms with E-state index >= 15 is 0 Å². The quantitative estimate of drug-likeness (QED) is 0.683. The summed E-state index contributed by atoms with van der Waals surface area (Å²) in [5, 5.41) is 2.42. The van der Waals surface area contributed by atoms with Crippen molar-refractivity contribution in [3.8, 4) is 0 Å². The van der Waals surface area contributed by atoms with E-state index in [0.717, 1.165) is 19.1 Å². The van der Waals surface area contributed by atoms with Crippen LogP contribution in [0, 0.1) is 0 Å². The van der Waals surface area contributed by atoms with E-state index < -0.39 is 11.7 Å². The zero-order chi connectivity index (χ0) is 14.5. The van der Waals surface area contributed by atoms with Gasteiger partial charge in [-0.1, -0.05) is 6.92 Å². The largest absolute Gasteiger partial charge is 0.340 e. The molecular formula is C14H23N3O3.